The summed E-state index contributed by atoms with van der Waals surface area (Å²) in [5.74, 6) is -0.170. The number of anilines is 1. The number of rotatable bonds is 4. The highest BCUT2D eigenvalue weighted by Crippen LogP contribution is 2.15. The molecule has 1 unspecified atom stereocenters. The second-order valence-electron chi connectivity index (χ2n) is 3.96. The Kier molecular flexibility index (Phi) is 4.51. The number of nitrogens with one attached hydrogen (secondary N) is 3. The summed E-state index contributed by atoms with van der Waals surface area (Å²) in [5, 5.41) is 11.4. The monoisotopic (exact) mass is 258 g/mol. The number of hydrogen-bond donors (Lipinski definition) is 3. The molecule has 0 saturated heterocycles. The van der Waals surface area contributed by atoms with E-state index < -0.39 is 11.6 Å². The zero-order chi connectivity index (χ0) is 13.0. The van der Waals surface area contributed by atoms with Crippen molar-refractivity contribution in [3.63, 3.8) is 0 Å². The molecule has 0 aliphatic carbocycles. The molecule has 0 fully saturated rings. The van der Waals surface area contributed by atoms with Gasteiger partial charge in [0.2, 0.25) is 5.91 Å². The Morgan fingerprint density at radius 1 is 1.47 bits per heavy atom. The maximum atomic E-state index is 11.6. The quantitative estimate of drug-likeness (QED) is 0.744. The average molecular weight is 259 g/mol. The van der Waals surface area contributed by atoms with Crippen molar-refractivity contribution in [2.24, 2.45) is 0 Å². The molecule has 3 N–H and O–H groups in total. The van der Waals surface area contributed by atoms with Gasteiger partial charge in [-0.1, -0.05) is 11.6 Å². The molecule has 1 atom stereocenters. The van der Waals surface area contributed by atoms with E-state index in [1.807, 2.05) is 13.8 Å². The van der Waals surface area contributed by atoms with Gasteiger partial charge in [0, 0.05) is 6.04 Å². The number of carbonyl (C=O) groups is 1. The lowest BCUT2D eigenvalue weighted by Crippen LogP contribution is -2.41. The second-order valence-corrected chi connectivity index (χ2v) is 4.33. The van der Waals surface area contributed by atoms with Gasteiger partial charge in [-0.15, -0.1) is 0 Å². The molecular weight excluding hydrogens is 244 g/mol. The Hall–Kier alpha value is -1.56. The Morgan fingerprint density at radius 2 is 2.12 bits per heavy atom. The molecule has 0 aliphatic heterocycles. The van der Waals surface area contributed by atoms with Crippen LogP contribution in [0.3, 0.4) is 0 Å². The number of H-pyrrole nitrogens is 1. The molecule has 17 heavy (non-hydrogen) atoms. The highest BCUT2D eigenvalue weighted by Gasteiger charge is 2.15. The summed E-state index contributed by atoms with van der Waals surface area (Å²) < 4.78 is 0. The van der Waals surface area contributed by atoms with Crippen molar-refractivity contribution in [3.05, 3.63) is 21.6 Å². The fourth-order valence-corrected chi connectivity index (χ4v) is 1.34. The number of aromatic amines is 1. The Bertz CT molecular complexity index is 458. The van der Waals surface area contributed by atoms with Crippen LogP contribution in [0.15, 0.2) is 11.0 Å². The first-order valence-corrected chi connectivity index (χ1v) is 5.59. The third-order valence-corrected chi connectivity index (χ3v) is 2.37. The van der Waals surface area contributed by atoms with Gasteiger partial charge in [0.05, 0.1) is 11.9 Å². The van der Waals surface area contributed by atoms with Crippen LogP contribution in [0, 0.1) is 0 Å². The minimum absolute atomic E-state index is 0.0100. The summed E-state index contributed by atoms with van der Waals surface area (Å²) in [6.45, 7) is 5.41. The lowest BCUT2D eigenvalue weighted by atomic mass is 10.2. The van der Waals surface area contributed by atoms with Gasteiger partial charge in [-0.3, -0.25) is 9.59 Å². The minimum atomic E-state index is -0.501. The lowest BCUT2D eigenvalue weighted by Gasteiger charge is -2.17. The zero-order valence-corrected chi connectivity index (χ0v) is 10.6. The Morgan fingerprint density at radius 3 is 2.71 bits per heavy atom. The molecule has 6 nitrogen and oxygen atoms in total. The molecule has 94 valence electrons. The van der Waals surface area contributed by atoms with Crippen LogP contribution in [0.2, 0.25) is 5.02 Å². The summed E-state index contributed by atoms with van der Waals surface area (Å²) in [7, 11) is 0. The van der Waals surface area contributed by atoms with Gasteiger partial charge in [0.15, 0.2) is 0 Å². The van der Waals surface area contributed by atoms with Gasteiger partial charge in [-0.25, -0.2) is 5.10 Å². The smallest absolute Gasteiger partial charge is 0.285 e. The van der Waals surface area contributed by atoms with Crippen molar-refractivity contribution in [2.45, 2.75) is 32.9 Å². The molecule has 1 aromatic heterocycles. The van der Waals surface area contributed by atoms with E-state index in [1.54, 1.807) is 6.92 Å². The van der Waals surface area contributed by atoms with Crippen LogP contribution in [-0.2, 0) is 4.79 Å². The molecule has 1 heterocycles. The molecule has 1 rings (SSSR count). The first-order chi connectivity index (χ1) is 7.91. The van der Waals surface area contributed by atoms with Crippen LogP contribution in [0.4, 0.5) is 5.69 Å². The van der Waals surface area contributed by atoms with Crippen LogP contribution in [0.25, 0.3) is 0 Å². The molecular formula is C10H15ClN4O2. The summed E-state index contributed by atoms with van der Waals surface area (Å²) >= 11 is 5.77. The molecule has 0 aliphatic rings. The lowest BCUT2D eigenvalue weighted by molar-refractivity contribution is -0.122. The number of aromatic nitrogens is 2. The molecule has 7 heteroatoms. The van der Waals surface area contributed by atoms with Crippen LogP contribution in [0.5, 0.6) is 0 Å². The third kappa shape index (κ3) is 3.74. The Labute approximate surface area is 104 Å². The SMILES string of the molecule is CC(C)NC(=O)C(C)Nc1cn[nH]c(=O)c1Cl. The van der Waals surface area contributed by atoms with E-state index in [0.717, 1.165) is 0 Å². The maximum Gasteiger partial charge on any atom is 0.285 e. The van der Waals surface area contributed by atoms with Crippen molar-refractivity contribution in [1.29, 1.82) is 0 Å². The topological polar surface area (TPSA) is 86.9 Å². The van der Waals surface area contributed by atoms with Gasteiger partial charge in [-0.2, -0.15) is 5.10 Å². The van der Waals surface area contributed by atoms with E-state index in [2.05, 4.69) is 20.8 Å². The van der Waals surface area contributed by atoms with E-state index in [4.69, 9.17) is 11.6 Å². The summed E-state index contributed by atoms with van der Waals surface area (Å²) in [4.78, 5) is 22.8. The molecule has 0 radical (unpaired) electrons. The van der Waals surface area contributed by atoms with Crippen molar-refractivity contribution in [3.8, 4) is 0 Å². The summed E-state index contributed by atoms with van der Waals surface area (Å²) in [5.41, 5.74) is -0.157. The van der Waals surface area contributed by atoms with Gasteiger partial charge in [-0.05, 0) is 20.8 Å². The van der Waals surface area contributed by atoms with Gasteiger partial charge in [0.1, 0.15) is 11.1 Å². The normalized spacial score (nSPS) is 12.3. The number of hydrogen-bond acceptors (Lipinski definition) is 4. The number of carbonyl (C=O) groups excluding carboxylic acids is 1. The van der Waals surface area contributed by atoms with Gasteiger partial charge < -0.3 is 10.6 Å². The molecule has 0 bridgehead atoms. The largest absolute Gasteiger partial charge is 0.371 e. The van der Waals surface area contributed by atoms with E-state index in [1.165, 1.54) is 6.20 Å². The van der Waals surface area contributed by atoms with Crippen molar-refractivity contribution >= 4 is 23.2 Å². The van der Waals surface area contributed by atoms with Gasteiger partial charge in [0.25, 0.3) is 5.56 Å². The van der Waals surface area contributed by atoms with E-state index in [0.29, 0.717) is 5.69 Å². The van der Waals surface area contributed by atoms with Crippen molar-refractivity contribution < 1.29 is 4.79 Å². The maximum absolute atomic E-state index is 11.6. The minimum Gasteiger partial charge on any atom is -0.371 e. The van der Waals surface area contributed by atoms with E-state index in [-0.39, 0.29) is 17.0 Å². The highest BCUT2D eigenvalue weighted by atomic mass is 35.5. The first kappa shape index (κ1) is 13.5. The van der Waals surface area contributed by atoms with E-state index >= 15 is 0 Å². The third-order valence-electron chi connectivity index (χ3n) is 1.99. The number of nitrogens with zero attached hydrogens (tertiary/aromatic N) is 1. The summed E-state index contributed by atoms with van der Waals surface area (Å²) in [6, 6.07) is -0.446. The average Bonchev–Trinajstić information content (AvgIpc) is 2.23. The van der Waals surface area contributed by atoms with Crippen molar-refractivity contribution in [1.82, 2.24) is 15.5 Å². The predicted octanol–water partition coefficient (Wildman–Crippen LogP) is 0.748. The fourth-order valence-electron chi connectivity index (χ4n) is 1.19. The van der Waals surface area contributed by atoms with Crippen LogP contribution >= 0.6 is 11.6 Å². The van der Waals surface area contributed by atoms with Gasteiger partial charge >= 0.3 is 0 Å². The van der Waals surface area contributed by atoms with Crippen molar-refractivity contribution in [2.75, 3.05) is 5.32 Å². The first-order valence-electron chi connectivity index (χ1n) is 5.22. The molecule has 0 saturated carbocycles. The Balaban J connectivity index is 2.74. The van der Waals surface area contributed by atoms with Crippen LogP contribution < -0.4 is 16.2 Å². The molecule has 1 aromatic rings. The standard InChI is InChI=1S/C10H15ClN4O2/c1-5(2)13-9(16)6(3)14-7-4-12-15-10(17)8(7)11/h4-6H,1-3H3,(H,13,16)(H2,14,15,17). The summed E-state index contributed by atoms with van der Waals surface area (Å²) in [6.07, 6.45) is 1.36. The van der Waals surface area contributed by atoms with Crippen LogP contribution in [-0.4, -0.2) is 28.2 Å². The fraction of sp³-hybridized carbons (Fsp3) is 0.500. The highest BCUT2D eigenvalue weighted by molar-refractivity contribution is 6.33. The number of halogens is 1. The number of amides is 1. The molecule has 1 amide bonds. The second kappa shape index (κ2) is 5.67. The predicted molar refractivity (Wildman–Crippen MR) is 66.2 cm³/mol. The van der Waals surface area contributed by atoms with E-state index in [9.17, 15) is 9.59 Å². The molecule has 0 aromatic carbocycles. The molecule has 0 spiro atoms. The zero-order valence-electron chi connectivity index (χ0n) is 9.87. The van der Waals surface area contributed by atoms with Crippen LogP contribution in [0.1, 0.15) is 20.8 Å².